The van der Waals surface area contributed by atoms with E-state index in [1.54, 1.807) is 72.8 Å². The molecule has 4 aliphatic carbocycles. The third kappa shape index (κ3) is 4.51. The number of hydrogen-bond acceptors (Lipinski definition) is 6. The van der Waals surface area contributed by atoms with E-state index in [2.05, 4.69) is 12.2 Å². The number of carbonyl (C=O) groups excluding carboxylic acids is 4. The summed E-state index contributed by atoms with van der Waals surface area (Å²) in [6, 6.07) is 22.7. The first-order chi connectivity index (χ1) is 22.4. The van der Waals surface area contributed by atoms with Gasteiger partial charge in [-0.2, -0.15) is 0 Å². The van der Waals surface area contributed by atoms with Crippen molar-refractivity contribution in [2.24, 2.45) is 35.5 Å². The number of amides is 2. The maximum atomic E-state index is 13.8. The van der Waals surface area contributed by atoms with Crippen molar-refractivity contribution >= 4 is 51.8 Å². The van der Waals surface area contributed by atoms with E-state index in [-0.39, 0.29) is 46.8 Å². The number of hydrogen-bond donors (Lipinski definition) is 0. The Hall–Kier alpha value is -4.62. The summed E-state index contributed by atoms with van der Waals surface area (Å²) < 4.78 is 5.88. The van der Waals surface area contributed by atoms with E-state index in [1.165, 1.54) is 4.90 Å². The van der Waals surface area contributed by atoms with Crippen LogP contribution in [0, 0.1) is 35.5 Å². The Balaban J connectivity index is 1.10. The second-order valence-corrected chi connectivity index (χ2v) is 13.2. The van der Waals surface area contributed by atoms with Crippen molar-refractivity contribution in [3.8, 4) is 11.3 Å². The number of anilines is 1. The van der Waals surface area contributed by atoms with Crippen LogP contribution in [0.15, 0.2) is 91.0 Å². The molecule has 0 radical (unpaired) electrons. The van der Waals surface area contributed by atoms with E-state index < -0.39 is 12.1 Å². The summed E-state index contributed by atoms with van der Waals surface area (Å²) in [5, 5.41) is 0.880. The molecule has 2 amide bonds. The molecule has 7 unspecified atom stereocenters. The highest BCUT2D eigenvalue weighted by Crippen LogP contribution is 2.65. The van der Waals surface area contributed by atoms with Crippen LogP contribution >= 0.6 is 11.6 Å². The van der Waals surface area contributed by atoms with Gasteiger partial charge < -0.3 is 4.74 Å². The molecule has 2 heterocycles. The minimum Gasteiger partial charge on any atom is -0.450 e. The molecule has 2 saturated carbocycles. The molecule has 7 nitrogen and oxygen atoms in total. The summed E-state index contributed by atoms with van der Waals surface area (Å²) in [7, 11) is 0. The Morgan fingerprint density at radius 3 is 2.24 bits per heavy atom. The van der Waals surface area contributed by atoms with Gasteiger partial charge in [0.25, 0.3) is 0 Å². The van der Waals surface area contributed by atoms with E-state index in [4.69, 9.17) is 21.3 Å². The smallest absolute Gasteiger partial charge is 0.339 e. The van der Waals surface area contributed by atoms with Crippen molar-refractivity contribution in [2.45, 2.75) is 32.3 Å². The Morgan fingerprint density at radius 1 is 0.913 bits per heavy atom. The van der Waals surface area contributed by atoms with Crippen LogP contribution in [0.4, 0.5) is 5.69 Å². The number of nitrogens with zero attached hydrogens (tertiary/aromatic N) is 2. The lowest BCUT2D eigenvalue weighted by Gasteiger charge is -2.37. The van der Waals surface area contributed by atoms with Gasteiger partial charge in [-0.25, -0.2) is 9.78 Å². The van der Waals surface area contributed by atoms with E-state index in [1.807, 2.05) is 13.0 Å². The van der Waals surface area contributed by atoms with Crippen LogP contribution in [-0.4, -0.2) is 34.7 Å². The average molecular weight is 631 g/mol. The number of rotatable bonds is 8. The Morgan fingerprint density at radius 2 is 1.59 bits per heavy atom. The zero-order valence-corrected chi connectivity index (χ0v) is 25.9. The summed E-state index contributed by atoms with van der Waals surface area (Å²) in [6.07, 6.45) is 5.54. The molecular weight excluding hydrogens is 600 g/mol. The first-order valence-corrected chi connectivity index (χ1v) is 16.3. The van der Waals surface area contributed by atoms with Crippen molar-refractivity contribution in [1.82, 2.24) is 4.98 Å². The highest BCUT2D eigenvalue weighted by Gasteiger charge is 2.67. The lowest BCUT2D eigenvalue weighted by Crippen LogP contribution is -2.40. The van der Waals surface area contributed by atoms with Crippen molar-refractivity contribution in [2.75, 3.05) is 4.90 Å². The normalized spacial score (nSPS) is 26.2. The Kier molecular flexibility index (Phi) is 6.91. The minimum absolute atomic E-state index is 0.111. The standard InChI is InChI=1S/C38H31ClN2O5/c1-2-7-31(35(42)21-8-4-3-5-9-21)46-38(45)28-19-30(40-34-25(28)10-6-11-29(34)39)20-12-14-22(15-13-20)41-36(43)32-23-16-17-24(27-18-26(23)27)33(32)37(41)44/h3-6,8-17,19,23-24,26-27,31-33H,2,7,18H2,1H3. The summed E-state index contributed by atoms with van der Waals surface area (Å²) in [6.45, 7) is 1.93. The monoisotopic (exact) mass is 630 g/mol. The van der Waals surface area contributed by atoms with Crippen molar-refractivity contribution in [3.63, 3.8) is 0 Å². The fourth-order valence-electron chi connectivity index (χ4n) is 8.01. The molecule has 1 aliphatic heterocycles. The van der Waals surface area contributed by atoms with Crippen LogP contribution in [0.2, 0.25) is 5.02 Å². The maximum Gasteiger partial charge on any atom is 0.339 e. The quantitative estimate of drug-likeness (QED) is 0.0876. The molecule has 46 heavy (non-hydrogen) atoms. The fraction of sp³-hybridized carbons (Fsp3) is 0.289. The van der Waals surface area contributed by atoms with Gasteiger partial charge in [-0.15, -0.1) is 0 Å². The molecule has 3 fully saturated rings. The molecule has 7 atom stereocenters. The van der Waals surface area contributed by atoms with Crippen LogP contribution in [0.5, 0.6) is 0 Å². The van der Waals surface area contributed by atoms with Crippen molar-refractivity contribution in [1.29, 1.82) is 0 Å². The van der Waals surface area contributed by atoms with Gasteiger partial charge in [-0.05, 0) is 60.8 Å². The molecule has 5 aliphatic rings. The third-order valence-corrected chi connectivity index (χ3v) is 10.6. The van der Waals surface area contributed by atoms with Crippen molar-refractivity contribution < 1.29 is 23.9 Å². The van der Waals surface area contributed by atoms with Crippen molar-refractivity contribution in [3.05, 3.63) is 107 Å². The van der Waals surface area contributed by atoms with Gasteiger partial charge in [-0.3, -0.25) is 19.3 Å². The number of Topliss-reactive ketones (excluding diaryl/α,β-unsaturated/α-hetero) is 1. The van der Waals surface area contributed by atoms with Crippen LogP contribution in [0.25, 0.3) is 22.2 Å². The molecule has 1 aromatic heterocycles. The summed E-state index contributed by atoms with van der Waals surface area (Å²) in [5.41, 5.74) is 2.81. The van der Waals surface area contributed by atoms with E-state index in [9.17, 15) is 19.2 Å². The fourth-order valence-corrected chi connectivity index (χ4v) is 8.23. The molecule has 0 N–H and O–H groups in total. The zero-order chi connectivity index (χ0) is 31.7. The second kappa shape index (κ2) is 11.0. The predicted molar refractivity (Wildman–Crippen MR) is 174 cm³/mol. The first kappa shape index (κ1) is 28.8. The number of halogens is 1. The highest BCUT2D eigenvalue weighted by molar-refractivity contribution is 6.35. The largest absolute Gasteiger partial charge is 0.450 e. The van der Waals surface area contributed by atoms with E-state index >= 15 is 0 Å². The number of allylic oxidation sites excluding steroid dienone is 2. The van der Waals surface area contributed by atoms with Gasteiger partial charge >= 0.3 is 5.97 Å². The van der Waals surface area contributed by atoms with Gasteiger partial charge in [0.05, 0.1) is 39.3 Å². The maximum absolute atomic E-state index is 13.8. The molecule has 2 bridgehead atoms. The number of pyridine rings is 1. The second-order valence-electron chi connectivity index (χ2n) is 12.8. The van der Waals surface area contributed by atoms with Gasteiger partial charge in [0.2, 0.25) is 17.6 Å². The predicted octanol–water partition coefficient (Wildman–Crippen LogP) is 7.32. The lowest BCUT2D eigenvalue weighted by molar-refractivity contribution is -0.124. The molecule has 0 spiro atoms. The van der Waals surface area contributed by atoms with Gasteiger partial charge in [-0.1, -0.05) is 91.7 Å². The molecule has 8 heteroatoms. The number of aromatic nitrogens is 1. The lowest BCUT2D eigenvalue weighted by atomic mass is 9.63. The number of carbonyl (C=O) groups is 4. The van der Waals surface area contributed by atoms with Crippen LogP contribution in [0.3, 0.4) is 0 Å². The number of benzene rings is 3. The topological polar surface area (TPSA) is 93.6 Å². The molecule has 1 saturated heterocycles. The summed E-state index contributed by atoms with van der Waals surface area (Å²) in [5.74, 6) is -0.271. The molecular formula is C38H31ClN2O5. The highest BCUT2D eigenvalue weighted by atomic mass is 35.5. The van der Waals surface area contributed by atoms with Gasteiger partial charge in [0, 0.05) is 16.5 Å². The van der Waals surface area contributed by atoms with E-state index in [0.717, 1.165) is 6.42 Å². The number of para-hydroxylation sites is 1. The minimum atomic E-state index is -0.944. The SMILES string of the molecule is CCCC(OC(=O)c1cc(-c2ccc(N3C(=O)C4C5C=CC(C6CC56)C4C3=O)cc2)nc2c(Cl)cccc12)C(=O)c1ccccc1. The molecule has 4 aromatic rings. The van der Waals surface area contributed by atoms with E-state index in [0.29, 0.717) is 63.1 Å². The van der Waals surface area contributed by atoms with Crippen LogP contribution in [0.1, 0.15) is 46.9 Å². The first-order valence-electron chi connectivity index (χ1n) is 15.9. The number of ketones is 1. The molecule has 3 aromatic carbocycles. The molecule has 9 rings (SSSR count). The Labute approximate surface area is 271 Å². The van der Waals surface area contributed by atoms with Gasteiger partial charge in [0.15, 0.2) is 6.10 Å². The average Bonchev–Trinajstić information content (AvgIpc) is 3.87. The van der Waals surface area contributed by atoms with Crippen LogP contribution < -0.4 is 4.90 Å². The van der Waals surface area contributed by atoms with Gasteiger partial charge in [0.1, 0.15) is 0 Å². The van der Waals surface area contributed by atoms with Crippen LogP contribution in [-0.2, 0) is 14.3 Å². The molecule has 230 valence electrons. The summed E-state index contributed by atoms with van der Waals surface area (Å²) in [4.78, 5) is 60.4. The Bertz CT molecular complexity index is 1920. The zero-order valence-electron chi connectivity index (χ0n) is 25.1. The number of esters is 1. The number of imide groups is 1. The third-order valence-electron chi connectivity index (χ3n) is 10.2. The number of ether oxygens (including phenoxy) is 1. The summed E-state index contributed by atoms with van der Waals surface area (Å²) >= 11 is 6.57. The number of fused-ring (bicyclic) bond motifs is 1.